The molecule has 5 rings (SSSR count). The molecule has 0 saturated carbocycles. The van der Waals surface area contributed by atoms with E-state index in [2.05, 4.69) is 41.7 Å². The van der Waals surface area contributed by atoms with Crippen molar-refractivity contribution in [1.29, 1.82) is 5.26 Å². The van der Waals surface area contributed by atoms with Crippen LogP contribution in [0.1, 0.15) is 52.9 Å². The highest BCUT2D eigenvalue weighted by Gasteiger charge is 2.31. The molecule has 5 aromatic carbocycles. The van der Waals surface area contributed by atoms with Crippen LogP contribution in [0.4, 0.5) is 4.79 Å². The summed E-state index contributed by atoms with van der Waals surface area (Å²) in [7, 11) is 1.04. The standard InChI is InChI=1S/C48H54N4O10Si/c1-7-59-47(55)45(52-46(54)40(24-32-18-21-37(53)22-19-32)51-48(56)60-30-33-14-10-8-11-15-33)36-25-38(57-2)28-39(26-36)62-44-27-35(20-23-43(44)58-3)41(29-49)50-42(31-61-63(4,5)6)34-16-12-9-13-17-34/h8-23,25-28,40-42,45,50,53H,7,24,30-31H2,1-6H3,(H,51,56)(H,52,54)/t40-,41+,42-,45+/m1/s1. The number of nitrogens with one attached hydrogen (secondary N) is 3. The monoisotopic (exact) mass is 874 g/mol. The molecule has 4 atom stereocenters. The third-order valence-electron chi connectivity index (χ3n) is 9.61. The fourth-order valence-corrected chi connectivity index (χ4v) is 7.08. The molecule has 0 aliphatic carbocycles. The number of nitriles is 1. The number of hydrogen-bond acceptors (Lipinski definition) is 12. The van der Waals surface area contributed by atoms with Gasteiger partial charge in [0.25, 0.3) is 0 Å². The maximum Gasteiger partial charge on any atom is 0.408 e. The molecule has 0 saturated heterocycles. The largest absolute Gasteiger partial charge is 0.508 e. The summed E-state index contributed by atoms with van der Waals surface area (Å²) in [5.41, 5.74) is 3.17. The van der Waals surface area contributed by atoms with Gasteiger partial charge in [-0.05, 0) is 90.8 Å². The summed E-state index contributed by atoms with van der Waals surface area (Å²) in [5.74, 6) is -0.370. The van der Waals surface area contributed by atoms with E-state index >= 15 is 0 Å². The zero-order valence-corrected chi connectivity index (χ0v) is 37.3. The molecular formula is C48H54N4O10Si. The number of methoxy groups -OCH3 is 2. The van der Waals surface area contributed by atoms with Crippen molar-refractivity contribution in [3.8, 4) is 34.8 Å². The summed E-state index contributed by atoms with van der Waals surface area (Å²) in [6, 6.07) is 33.5. The maximum absolute atomic E-state index is 14.2. The topological polar surface area (TPSA) is 187 Å². The molecule has 15 heteroatoms. The summed E-state index contributed by atoms with van der Waals surface area (Å²) in [5, 5.41) is 29.1. The molecule has 63 heavy (non-hydrogen) atoms. The minimum Gasteiger partial charge on any atom is -0.508 e. The number of ether oxygens (including phenoxy) is 5. The first-order chi connectivity index (χ1) is 30.3. The number of phenols is 1. The Hall–Kier alpha value is -6.86. The van der Waals surface area contributed by atoms with Crippen LogP contribution >= 0.6 is 0 Å². The van der Waals surface area contributed by atoms with Crippen molar-refractivity contribution in [2.75, 3.05) is 27.4 Å². The second-order valence-electron chi connectivity index (χ2n) is 15.4. The van der Waals surface area contributed by atoms with Gasteiger partial charge in [0.15, 0.2) is 25.9 Å². The Morgan fingerprint density at radius 2 is 1.41 bits per heavy atom. The lowest BCUT2D eigenvalue weighted by Gasteiger charge is -2.27. The van der Waals surface area contributed by atoms with Crippen LogP contribution < -0.4 is 30.2 Å². The van der Waals surface area contributed by atoms with Crippen molar-refractivity contribution in [2.24, 2.45) is 0 Å². The van der Waals surface area contributed by atoms with Gasteiger partial charge in [-0.1, -0.05) is 78.9 Å². The number of carbonyl (C=O) groups is 3. The fourth-order valence-electron chi connectivity index (χ4n) is 6.42. The summed E-state index contributed by atoms with van der Waals surface area (Å²) in [6.45, 7) is 8.30. The van der Waals surface area contributed by atoms with Crippen LogP contribution in [0.15, 0.2) is 121 Å². The molecule has 14 nitrogen and oxygen atoms in total. The molecule has 0 aromatic heterocycles. The molecule has 0 radical (unpaired) electrons. The second kappa shape index (κ2) is 22.8. The predicted molar refractivity (Wildman–Crippen MR) is 239 cm³/mol. The average molecular weight is 875 g/mol. The minimum absolute atomic E-state index is 0.00696. The van der Waals surface area contributed by atoms with E-state index in [1.165, 1.54) is 26.4 Å². The zero-order chi connectivity index (χ0) is 45.4. The molecule has 0 spiro atoms. The van der Waals surface area contributed by atoms with Crippen molar-refractivity contribution < 1.29 is 47.6 Å². The number of rotatable bonds is 21. The summed E-state index contributed by atoms with van der Waals surface area (Å²) in [6.07, 6.45) is -0.872. The van der Waals surface area contributed by atoms with Crippen LogP contribution in [0, 0.1) is 11.3 Å². The number of alkyl carbamates (subject to hydrolysis) is 1. The quantitative estimate of drug-likeness (QED) is 0.0410. The maximum atomic E-state index is 14.2. The van der Waals surface area contributed by atoms with Gasteiger partial charge in [0.1, 0.15) is 35.9 Å². The first-order valence-electron chi connectivity index (χ1n) is 20.4. The second-order valence-corrected chi connectivity index (χ2v) is 19.9. The number of esters is 1. The Morgan fingerprint density at radius 3 is 2.05 bits per heavy atom. The van der Waals surface area contributed by atoms with Gasteiger partial charge in [0.05, 0.1) is 39.5 Å². The van der Waals surface area contributed by atoms with Crippen molar-refractivity contribution in [3.63, 3.8) is 0 Å². The fraction of sp³-hybridized carbons (Fsp3) is 0.292. The Balaban J connectivity index is 1.43. The van der Waals surface area contributed by atoms with Crippen LogP contribution in [0.3, 0.4) is 0 Å². The van der Waals surface area contributed by atoms with Gasteiger partial charge in [-0.25, -0.2) is 9.59 Å². The number of aromatic hydroxyl groups is 1. The Labute approximate surface area is 369 Å². The Bertz CT molecular complexity index is 2320. The molecular weight excluding hydrogens is 821 g/mol. The highest BCUT2D eigenvalue weighted by atomic mass is 28.4. The number of carbonyl (C=O) groups excluding carboxylic acids is 3. The van der Waals surface area contributed by atoms with Crippen LogP contribution in [0.2, 0.25) is 19.6 Å². The average Bonchev–Trinajstić information content (AvgIpc) is 3.28. The molecule has 5 aromatic rings. The lowest BCUT2D eigenvalue weighted by molar-refractivity contribution is -0.147. The van der Waals surface area contributed by atoms with Crippen molar-refractivity contribution in [1.82, 2.24) is 16.0 Å². The summed E-state index contributed by atoms with van der Waals surface area (Å²) < 4.78 is 34.8. The normalized spacial score (nSPS) is 13.0. The molecule has 4 N–H and O–H groups in total. The minimum atomic E-state index is -1.90. The van der Waals surface area contributed by atoms with Gasteiger partial charge < -0.3 is 43.9 Å². The van der Waals surface area contributed by atoms with Crippen molar-refractivity contribution in [2.45, 2.75) is 63.8 Å². The lowest BCUT2D eigenvalue weighted by Crippen LogP contribution is -2.50. The molecule has 0 unspecified atom stereocenters. The van der Waals surface area contributed by atoms with E-state index < -0.39 is 44.4 Å². The Kier molecular flexibility index (Phi) is 17.1. The summed E-state index contributed by atoms with van der Waals surface area (Å²) >= 11 is 0. The third-order valence-corrected chi connectivity index (χ3v) is 10.6. The predicted octanol–water partition coefficient (Wildman–Crippen LogP) is 8.21. The van der Waals surface area contributed by atoms with Gasteiger partial charge in [0, 0.05) is 12.5 Å². The first kappa shape index (κ1) is 47.2. The van der Waals surface area contributed by atoms with E-state index in [1.54, 1.807) is 67.6 Å². The van der Waals surface area contributed by atoms with Gasteiger partial charge in [-0.3, -0.25) is 10.1 Å². The Morgan fingerprint density at radius 1 is 0.730 bits per heavy atom. The number of phenolic OH excluding ortho intramolecular Hbond substituents is 1. The molecule has 330 valence electrons. The molecule has 0 aliphatic rings. The van der Waals surface area contributed by atoms with E-state index in [-0.39, 0.29) is 54.2 Å². The number of benzene rings is 5. The molecule has 0 fully saturated rings. The van der Waals surface area contributed by atoms with E-state index in [0.29, 0.717) is 23.5 Å². The van der Waals surface area contributed by atoms with Crippen LogP contribution in [-0.4, -0.2) is 64.9 Å². The van der Waals surface area contributed by atoms with Crippen LogP contribution in [0.5, 0.6) is 28.7 Å². The van der Waals surface area contributed by atoms with E-state index in [1.807, 2.05) is 48.5 Å². The van der Waals surface area contributed by atoms with E-state index in [4.69, 9.17) is 28.1 Å². The van der Waals surface area contributed by atoms with E-state index in [9.17, 15) is 24.8 Å². The van der Waals surface area contributed by atoms with Gasteiger partial charge in [-0.15, -0.1) is 0 Å². The first-order valence-corrected chi connectivity index (χ1v) is 23.8. The van der Waals surface area contributed by atoms with E-state index in [0.717, 1.165) is 11.1 Å². The highest BCUT2D eigenvalue weighted by Crippen LogP contribution is 2.37. The summed E-state index contributed by atoms with van der Waals surface area (Å²) in [4.78, 5) is 40.9. The molecule has 2 amide bonds. The molecule has 0 bridgehead atoms. The van der Waals surface area contributed by atoms with Crippen LogP contribution in [0.25, 0.3) is 0 Å². The molecule has 0 heterocycles. The SMILES string of the molecule is CCOC(=O)[C@@H](NC(=O)[C@@H](Cc1ccc(O)cc1)NC(=O)OCc1ccccc1)c1cc(OC)cc(Oc2cc([C@H](C#N)N[C@H](CO[Si](C)(C)C)c3ccccc3)ccc2OC)c1. The smallest absolute Gasteiger partial charge is 0.408 e. The van der Waals surface area contributed by atoms with Crippen molar-refractivity contribution >= 4 is 26.3 Å². The van der Waals surface area contributed by atoms with Crippen LogP contribution in [-0.2, 0) is 36.5 Å². The van der Waals surface area contributed by atoms with Gasteiger partial charge in [-0.2, -0.15) is 5.26 Å². The van der Waals surface area contributed by atoms with Crippen molar-refractivity contribution in [3.05, 3.63) is 149 Å². The number of hydrogen-bond donors (Lipinski definition) is 4. The van der Waals surface area contributed by atoms with Gasteiger partial charge in [0.2, 0.25) is 5.91 Å². The number of amides is 2. The highest BCUT2D eigenvalue weighted by molar-refractivity contribution is 6.69. The van der Waals surface area contributed by atoms with Gasteiger partial charge >= 0.3 is 12.1 Å². The molecule has 0 aliphatic heterocycles. The zero-order valence-electron chi connectivity index (χ0n) is 36.3. The lowest BCUT2D eigenvalue weighted by atomic mass is 10.0. The number of nitrogens with zero attached hydrogens (tertiary/aromatic N) is 1. The third kappa shape index (κ3) is 14.4.